The van der Waals surface area contributed by atoms with Crippen molar-refractivity contribution in [3.63, 3.8) is 0 Å². The van der Waals surface area contributed by atoms with Gasteiger partial charge in [0.05, 0.1) is 5.56 Å². The minimum Gasteiger partial charge on any atom is -0.368 e. The van der Waals surface area contributed by atoms with Crippen LogP contribution in [0.15, 0.2) is 53.2 Å². The molecule has 9 nitrogen and oxygen atoms in total. The van der Waals surface area contributed by atoms with E-state index in [2.05, 4.69) is 30.1 Å². The number of hydrogen-bond donors (Lipinski definition) is 1. The molecule has 3 aromatic heterocycles. The first-order chi connectivity index (χ1) is 13.1. The Balaban J connectivity index is 1.71. The Morgan fingerprint density at radius 1 is 0.926 bits per heavy atom. The summed E-state index contributed by atoms with van der Waals surface area (Å²) in [6.45, 7) is 1.87. The number of nitrogens with two attached hydrogens (primary N) is 1. The highest BCUT2D eigenvalue weighted by Gasteiger charge is 2.18. The van der Waals surface area contributed by atoms with Gasteiger partial charge in [0.1, 0.15) is 0 Å². The normalized spacial score (nSPS) is 10.7. The van der Waals surface area contributed by atoms with Crippen LogP contribution in [0, 0.1) is 6.92 Å². The molecular formula is C18H16N8O. The summed E-state index contributed by atoms with van der Waals surface area (Å²) in [5.74, 6) is 1.25. The van der Waals surface area contributed by atoms with E-state index in [-0.39, 0.29) is 17.6 Å². The third-order valence-electron chi connectivity index (χ3n) is 3.95. The molecule has 1 aromatic carbocycles. The Morgan fingerprint density at radius 3 is 2.52 bits per heavy atom. The zero-order valence-electron chi connectivity index (χ0n) is 14.7. The van der Waals surface area contributed by atoms with Crippen LogP contribution in [0.3, 0.4) is 0 Å². The predicted molar refractivity (Wildman–Crippen MR) is 100 cm³/mol. The Labute approximate surface area is 154 Å². The summed E-state index contributed by atoms with van der Waals surface area (Å²) in [7, 11) is 1.84. The second kappa shape index (κ2) is 6.79. The molecule has 0 aliphatic rings. The number of anilines is 3. The topological polar surface area (TPSA) is 120 Å². The molecule has 134 valence electrons. The summed E-state index contributed by atoms with van der Waals surface area (Å²) in [4.78, 5) is 23.2. The van der Waals surface area contributed by atoms with E-state index in [1.54, 1.807) is 17.2 Å². The number of nitrogens with zero attached hydrogens (tertiary/aromatic N) is 7. The van der Waals surface area contributed by atoms with Crippen molar-refractivity contribution >= 4 is 17.6 Å². The number of para-hydroxylation sites is 1. The molecule has 9 heteroatoms. The molecule has 0 fully saturated rings. The lowest BCUT2D eigenvalue weighted by atomic mass is 10.2. The predicted octanol–water partition coefficient (Wildman–Crippen LogP) is 2.64. The summed E-state index contributed by atoms with van der Waals surface area (Å²) in [6, 6.07) is 13.3. The van der Waals surface area contributed by atoms with Gasteiger partial charge < -0.3 is 15.2 Å². The maximum absolute atomic E-state index is 5.87. The maximum Gasteiger partial charge on any atom is 0.260 e. The molecule has 0 unspecified atom stereocenters. The van der Waals surface area contributed by atoms with Gasteiger partial charge in [0.2, 0.25) is 23.5 Å². The molecule has 0 aliphatic carbocycles. The number of nitrogen functional groups attached to an aromatic ring is 1. The molecule has 4 aromatic rings. The number of rotatable bonds is 4. The highest BCUT2D eigenvalue weighted by Crippen LogP contribution is 2.25. The van der Waals surface area contributed by atoms with Crippen molar-refractivity contribution in [2.75, 3.05) is 17.7 Å². The lowest BCUT2D eigenvalue weighted by Gasteiger charge is -2.17. The molecule has 0 bridgehead atoms. The van der Waals surface area contributed by atoms with Gasteiger partial charge in [-0.25, -0.2) is 0 Å². The third kappa shape index (κ3) is 3.30. The fourth-order valence-corrected chi connectivity index (χ4v) is 2.53. The van der Waals surface area contributed by atoms with Crippen LogP contribution in [0.4, 0.5) is 17.6 Å². The fraction of sp³-hybridized carbons (Fsp3) is 0.111. The average Bonchev–Trinajstić information content (AvgIpc) is 3.18. The van der Waals surface area contributed by atoms with Crippen molar-refractivity contribution in [2.45, 2.75) is 6.92 Å². The van der Waals surface area contributed by atoms with E-state index in [0.29, 0.717) is 11.8 Å². The van der Waals surface area contributed by atoms with Crippen molar-refractivity contribution in [3.8, 4) is 23.1 Å². The monoisotopic (exact) mass is 360 g/mol. The highest BCUT2D eigenvalue weighted by atomic mass is 16.5. The zero-order chi connectivity index (χ0) is 18.8. The van der Waals surface area contributed by atoms with Gasteiger partial charge in [0, 0.05) is 24.6 Å². The minimum atomic E-state index is 0.0710. The average molecular weight is 360 g/mol. The number of aromatic nitrogens is 6. The first-order valence-electron chi connectivity index (χ1n) is 8.18. The van der Waals surface area contributed by atoms with Crippen molar-refractivity contribution in [3.05, 3.63) is 54.4 Å². The van der Waals surface area contributed by atoms with E-state index in [4.69, 9.17) is 10.3 Å². The molecule has 0 spiro atoms. The first kappa shape index (κ1) is 16.6. The molecule has 0 atom stereocenters. The van der Waals surface area contributed by atoms with Crippen LogP contribution in [0.2, 0.25) is 0 Å². The SMILES string of the molecule is Cc1ncccc1-c1nc(-c2nc(N)nc(N(C)c3ccccc3)n2)no1. The largest absolute Gasteiger partial charge is 0.368 e. The lowest BCUT2D eigenvalue weighted by Crippen LogP contribution is -2.15. The standard InChI is InChI=1S/C18H16N8O/c1-11-13(9-6-10-20-11)16-21-15(25-27-16)14-22-17(19)24-18(23-14)26(2)12-7-4-3-5-8-12/h3-10H,1-2H3,(H2,19,22,23,24). The van der Waals surface area contributed by atoms with Gasteiger partial charge in [-0.3, -0.25) is 4.98 Å². The smallest absolute Gasteiger partial charge is 0.260 e. The van der Waals surface area contributed by atoms with Gasteiger partial charge in [-0.2, -0.15) is 19.9 Å². The van der Waals surface area contributed by atoms with Crippen molar-refractivity contribution in [1.29, 1.82) is 0 Å². The molecule has 0 saturated heterocycles. The second-order valence-corrected chi connectivity index (χ2v) is 5.77. The molecule has 0 aliphatic heterocycles. The van der Waals surface area contributed by atoms with Gasteiger partial charge >= 0.3 is 0 Å². The summed E-state index contributed by atoms with van der Waals surface area (Å²) in [6.07, 6.45) is 1.70. The van der Waals surface area contributed by atoms with E-state index in [9.17, 15) is 0 Å². The molecule has 27 heavy (non-hydrogen) atoms. The van der Waals surface area contributed by atoms with E-state index in [0.717, 1.165) is 16.9 Å². The minimum absolute atomic E-state index is 0.0710. The fourth-order valence-electron chi connectivity index (χ4n) is 2.53. The highest BCUT2D eigenvalue weighted by molar-refractivity contribution is 5.61. The zero-order valence-corrected chi connectivity index (χ0v) is 14.7. The van der Waals surface area contributed by atoms with Crippen molar-refractivity contribution in [2.24, 2.45) is 0 Å². The Kier molecular flexibility index (Phi) is 4.17. The van der Waals surface area contributed by atoms with Gasteiger partial charge in [-0.15, -0.1) is 0 Å². The lowest BCUT2D eigenvalue weighted by molar-refractivity contribution is 0.431. The van der Waals surface area contributed by atoms with E-state index in [1.165, 1.54) is 0 Å². The van der Waals surface area contributed by atoms with Crippen LogP contribution < -0.4 is 10.6 Å². The van der Waals surface area contributed by atoms with Crippen LogP contribution in [0.25, 0.3) is 23.1 Å². The Bertz CT molecular complexity index is 1080. The van der Waals surface area contributed by atoms with Crippen molar-refractivity contribution < 1.29 is 4.52 Å². The number of aryl methyl sites for hydroxylation is 1. The number of pyridine rings is 1. The van der Waals surface area contributed by atoms with E-state index >= 15 is 0 Å². The number of hydrogen-bond acceptors (Lipinski definition) is 9. The van der Waals surface area contributed by atoms with E-state index in [1.807, 2.05) is 50.4 Å². The van der Waals surface area contributed by atoms with E-state index < -0.39 is 0 Å². The van der Waals surface area contributed by atoms with Crippen LogP contribution in [-0.2, 0) is 0 Å². The third-order valence-corrected chi connectivity index (χ3v) is 3.95. The Hall–Kier alpha value is -3.88. The van der Waals surface area contributed by atoms with Crippen LogP contribution >= 0.6 is 0 Å². The van der Waals surface area contributed by atoms with Crippen LogP contribution in [0.5, 0.6) is 0 Å². The molecule has 0 amide bonds. The quantitative estimate of drug-likeness (QED) is 0.585. The summed E-state index contributed by atoms with van der Waals surface area (Å²) in [5.41, 5.74) is 8.32. The molecule has 3 heterocycles. The second-order valence-electron chi connectivity index (χ2n) is 5.77. The van der Waals surface area contributed by atoms with Gasteiger partial charge in [-0.1, -0.05) is 23.4 Å². The molecule has 4 rings (SSSR count). The van der Waals surface area contributed by atoms with Crippen LogP contribution in [-0.4, -0.2) is 37.1 Å². The number of benzene rings is 1. The summed E-state index contributed by atoms with van der Waals surface area (Å²) < 4.78 is 5.35. The van der Waals surface area contributed by atoms with Crippen molar-refractivity contribution in [1.82, 2.24) is 30.1 Å². The summed E-state index contributed by atoms with van der Waals surface area (Å²) in [5, 5.41) is 3.98. The van der Waals surface area contributed by atoms with Gasteiger partial charge in [-0.05, 0) is 31.2 Å². The molecule has 0 radical (unpaired) electrons. The molecular weight excluding hydrogens is 344 g/mol. The van der Waals surface area contributed by atoms with Gasteiger partial charge in [0.25, 0.3) is 5.89 Å². The Morgan fingerprint density at radius 2 is 1.74 bits per heavy atom. The first-order valence-corrected chi connectivity index (χ1v) is 8.18. The summed E-state index contributed by atoms with van der Waals surface area (Å²) >= 11 is 0. The maximum atomic E-state index is 5.87. The molecule has 2 N–H and O–H groups in total. The van der Waals surface area contributed by atoms with Gasteiger partial charge in [0.15, 0.2) is 0 Å². The van der Waals surface area contributed by atoms with Crippen LogP contribution in [0.1, 0.15) is 5.69 Å². The molecule has 0 saturated carbocycles.